The van der Waals surface area contributed by atoms with Gasteiger partial charge >= 0.3 is 11.9 Å². The standard InChI is InChI=1S/C34H66O7/c1-4-7-8-9-14-19-24-31(36)32(39-27-5-2)25-20-15-10-11-17-22-28-40-34(38)26-21-16-12-13-18-23-30(29-35)41-33(37)6-3/h30-32,35-36H,4-29H2,1-3H3. The Hall–Kier alpha value is -1.18. The van der Waals surface area contributed by atoms with Crippen LogP contribution in [0.25, 0.3) is 0 Å². The molecule has 0 aliphatic heterocycles. The molecular formula is C34H66O7. The summed E-state index contributed by atoms with van der Waals surface area (Å²) in [6.07, 6.45) is 22.2. The second kappa shape index (κ2) is 30.3. The van der Waals surface area contributed by atoms with E-state index in [1.807, 2.05) is 0 Å². The highest BCUT2D eigenvalue weighted by Gasteiger charge is 2.19. The number of aliphatic hydroxyl groups is 2. The number of rotatable bonds is 31. The van der Waals surface area contributed by atoms with E-state index >= 15 is 0 Å². The van der Waals surface area contributed by atoms with E-state index in [-0.39, 0.29) is 30.8 Å². The van der Waals surface area contributed by atoms with E-state index in [4.69, 9.17) is 14.2 Å². The second-order valence-corrected chi connectivity index (χ2v) is 11.6. The summed E-state index contributed by atoms with van der Waals surface area (Å²) < 4.78 is 16.5. The summed E-state index contributed by atoms with van der Waals surface area (Å²) in [5, 5.41) is 19.9. The van der Waals surface area contributed by atoms with E-state index in [0.29, 0.717) is 25.9 Å². The summed E-state index contributed by atoms with van der Waals surface area (Å²) in [6, 6.07) is 0. The molecule has 7 heteroatoms. The van der Waals surface area contributed by atoms with Crippen LogP contribution in [0.3, 0.4) is 0 Å². The molecule has 0 amide bonds. The van der Waals surface area contributed by atoms with Gasteiger partial charge < -0.3 is 24.4 Å². The van der Waals surface area contributed by atoms with Gasteiger partial charge in [-0.2, -0.15) is 0 Å². The first-order valence-corrected chi connectivity index (χ1v) is 17.2. The van der Waals surface area contributed by atoms with Gasteiger partial charge in [0.05, 0.1) is 25.4 Å². The van der Waals surface area contributed by atoms with Crippen LogP contribution in [-0.4, -0.2) is 60.3 Å². The topological polar surface area (TPSA) is 102 Å². The van der Waals surface area contributed by atoms with Gasteiger partial charge in [0.15, 0.2) is 0 Å². The number of hydrogen-bond donors (Lipinski definition) is 2. The Labute approximate surface area is 252 Å². The molecule has 0 aromatic carbocycles. The lowest BCUT2D eigenvalue weighted by Crippen LogP contribution is -2.29. The maximum absolute atomic E-state index is 12.0. The molecule has 0 heterocycles. The molecular weight excluding hydrogens is 520 g/mol. The molecule has 41 heavy (non-hydrogen) atoms. The number of esters is 2. The van der Waals surface area contributed by atoms with Gasteiger partial charge in [-0.05, 0) is 44.9 Å². The second-order valence-electron chi connectivity index (χ2n) is 11.6. The van der Waals surface area contributed by atoms with Crippen LogP contribution in [0, 0.1) is 0 Å². The third-order valence-electron chi connectivity index (χ3n) is 7.66. The zero-order valence-corrected chi connectivity index (χ0v) is 27.1. The van der Waals surface area contributed by atoms with Crippen molar-refractivity contribution < 1.29 is 34.0 Å². The van der Waals surface area contributed by atoms with E-state index < -0.39 is 6.10 Å². The fourth-order valence-corrected chi connectivity index (χ4v) is 5.02. The number of hydrogen-bond acceptors (Lipinski definition) is 7. The molecule has 0 radical (unpaired) electrons. The van der Waals surface area contributed by atoms with Crippen LogP contribution in [0.15, 0.2) is 0 Å². The molecule has 0 rings (SSSR count). The maximum atomic E-state index is 12.0. The third kappa shape index (κ3) is 26.2. The van der Waals surface area contributed by atoms with E-state index in [9.17, 15) is 19.8 Å². The zero-order chi connectivity index (χ0) is 30.4. The van der Waals surface area contributed by atoms with Gasteiger partial charge in [-0.3, -0.25) is 9.59 Å². The largest absolute Gasteiger partial charge is 0.466 e. The molecule has 0 saturated heterocycles. The average Bonchev–Trinajstić information content (AvgIpc) is 2.97. The van der Waals surface area contributed by atoms with Crippen molar-refractivity contribution in [1.82, 2.24) is 0 Å². The molecule has 0 saturated carbocycles. The predicted octanol–water partition coefficient (Wildman–Crippen LogP) is 8.21. The van der Waals surface area contributed by atoms with Crippen LogP contribution in [0.1, 0.15) is 168 Å². The number of carbonyl (C=O) groups excluding carboxylic acids is 2. The molecule has 0 fully saturated rings. The van der Waals surface area contributed by atoms with Crippen LogP contribution in [0.4, 0.5) is 0 Å². The SMILES string of the molecule is CCCCCCCCC(O)C(CCCCCCCCOC(=O)CCCCCCCC(CO)OC(=O)CC)OCCC. The van der Waals surface area contributed by atoms with E-state index in [2.05, 4.69) is 13.8 Å². The summed E-state index contributed by atoms with van der Waals surface area (Å²) >= 11 is 0. The van der Waals surface area contributed by atoms with Gasteiger partial charge in [0.2, 0.25) is 0 Å². The van der Waals surface area contributed by atoms with Crippen molar-refractivity contribution >= 4 is 11.9 Å². The van der Waals surface area contributed by atoms with Crippen molar-refractivity contribution in [1.29, 1.82) is 0 Å². The number of carbonyl (C=O) groups is 2. The number of unbranched alkanes of at least 4 members (excludes halogenated alkanes) is 14. The fourth-order valence-electron chi connectivity index (χ4n) is 5.02. The van der Waals surface area contributed by atoms with Gasteiger partial charge in [-0.25, -0.2) is 0 Å². The molecule has 2 N–H and O–H groups in total. The lowest BCUT2D eigenvalue weighted by Gasteiger charge is -2.23. The van der Waals surface area contributed by atoms with Crippen LogP contribution < -0.4 is 0 Å². The zero-order valence-electron chi connectivity index (χ0n) is 27.1. The summed E-state index contributed by atoms with van der Waals surface area (Å²) in [7, 11) is 0. The van der Waals surface area contributed by atoms with E-state index in [0.717, 1.165) is 96.5 Å². The molecule has 3 atom stereocenters. The van der Waals surface area contributed by atoms with Crippen LogP contribution in [-0.2, 0) is 23.8 Å². The minimum atomic E-state index is -0.395. The van der Waals surface area contributed by atoms with Crippen molar-refractivity contribution in [3.05, 3.63) is 0 Å². The Balaban J connectivity index is 3.69. The lowest BCUT2D eigenvalue weighted by molar-refractivity contribution is -0.151. The van der Waals surface area contributed by atoms with Crippen molar-refractivity contribution in [3.8, 4) is 0 Å². The Morgan fingerprint density at radius 3 is 1.78 bits per heavy atom. The van der Waals surface area contributed by atoms with Crippen LogP contribution in [0.2, 0.25) is 0 Å². The summed E-state index contributed by atoms with van der Waals surface area (Å²) in [6.45, 7) is 7.20. The van der Waals surface area contributed by atoms with E-state index in [1.54, 1.807) is 6.92 Å². The molecule has 3 unspecified atom stereocenters. The minimum absolute atomic E-state index is 0.0271. The van der Waals surface area contributed by atoms with Crippen molar-refractivity contribution in [2.75, 3.05) is 19.8 Å². The average molecular weight is 587 g/mol. The highest BCUT2D eigenvalue weighted by molar-refractivity contribution is 5.69. The Morgan fingerprint density at radius 1 is 0.610 bits per heavy atom. The fraction of sp³-hybridized carbons (Fsp3) is 0.941. The first-order valence-electron chi connectivity index (χ1n) is 17.2. The van der Waals surface area contributed by atoms with Crippen molar-refractivity contribution in [2.45, 2.75) is 187 Å². The highest BCUT2D eigenvalue weighted by atomic mass is 16.6. The maximum Gasteiger partial charge on any atom is 0.305 e. The normalized spacial score (nSPS) is 13.6. The van der Waals surface area contributed by atoms with Crippen LogP contribution >= 0.6 is 0 Å². The summed E-state index contributed by atoms with van der Waals surface area (Å²) in [5.74, 6) is -0.371. The van der Waals surface area contributed by atoms with Crippen molar-refractivity contribution in [2.24, 2.45) is 0 Å². The van der Waals surface area contributed by atoms with Gasteiger partial charge in [0.25, 0.3) is 0 Å². The summed E-state index contributed by atoms with van der Waals surface area (Å²) in [4.78, 5) is 23.3. The Kier molecular flexibility index (Phi) is 29.4. The smallest absolute Gasteiger partial charge is 0.305 e. The Bertz CT molecular complexity index is 583. The molecule has 0 bridgehead atoms. The first-order chi connectivity index (χ1) is 20.0. The number of ether oxygens (including phenoxy) is 3. The van der Waals surface area contributed by atoms with Crippen molar-refractivity contribution in [3.63, 3.8) is 0 Å². The first kappa shape index (κ1) is 39.8. The Morgan fingerprint density at radius 2 is 1.17 bits per heavy atom. The molecule has 0 aromatic heterocycles. The van der Waals surface area contributed by atoms with Gasteiger partial charge in [-0.15, -0.1) is 0 Å². The molecule has 0 aromatic rings. The summed E-state index contributed by atoms with van der Waals surface area (Å²) in [5.41, 5.74) is 0. The molecule has 7 nitrogen and oxygen atoms in total. The molecule has 244 valence electrons. The lowest BCUT2D eigenvalue weighted by atomic mass is 9.99. The van der Waals surface area contributed by atoms with Gasteiger partial charge in [0, 0.05) is 19.4 Å². The minimum Gasteiger partial charge on any atom is -0.466 e. The molecule has 0 aliphatic rings. The molecule has 0 spiro atoms. The molecule has 0 aliphatic carbocycles. The van der Waals surface area contributed by atoms with Gasteiger partial charge in [0.1, 0.15) is 6.10 Å². The monoisotopic (exact) mass is 586 g/mol. The van der Waals surface area contributed by atoms with E-state index in [1.165, 1.54) is 38.5 Å². The quantitative estimate of drug-likeness (QED) is 0.0623. The predicted molar refractivity (Wildman–Crippen MR) is 167 cm³/mol. The highest BCUT2D eigenvalue weighted by Crippen LogP contribution is 2.18. The third-order valence-corrected chi connectivity index (χ3v) is 7.66. The van der Waals surface area contributed by atoms with Crippen LogP contribution in [0.5, 0.6) is 0 Å². The number of aliphatic hydroxyl groups excluding tert-OH is 2. The van der Waals surface area contributed by atoms with Gasteiger partial charge in [-0.1, -0.05) is 111 Å².